The third kappa shape index (κ3) is 5.81. The molecule has 2 atom stereocenters. The minimum absolute atomic E-state index is 0.127. The molecule has 1 amide bonds. The molecule has 0 bridgehead atoms. The molecule has 34 heavy (non-hydrogen) atoms. The number of ether oxygens (including phenoxy) is 1. The largest absolute Gasteiger partial charge is 0.489 e. The zero-order valence-corrected chi connectivity index (χ0v) is 19.9. The molecule has 2 heterocycles. The molecule has 2 unspecified atom stereocenters. The summed E-state index contributed by atoms with van der Waals surface area (Å²) in [6.07, 6.45) is 4.81. The number of nitrogens with zero attached hydrogens (tertiary/aromatic N) is 2. The fourth-order valence-corrected chi connectivity index (χ4v) is 5.58. The molecule has 3 aromatic rings. The van der Waals surface area contributed by atoms with E-state index in [1.54, 1.807) is 42.7 Å². The highest BCUT2D eigenvalue weighted by Gasteiger charge is 2.33. The molecular weight excluding hydrogens is 450 g/mol. The summed E-state index contributed by atoms with van der Waals surface area (Å²) in [6.45, 7) is 2.97. The van der Waals surface area contributed by atoms with Crippen LogP contribution in [0.4, 0.5) is 0 Å². The number of hydrogen-bond donors (Lipinski definition) is 1. The lowest BCUT2D eigenvalue weighted by molar-refractivity contribution is -0.126. The molecule has 1 N–H and O–H groups in total. The quantitative estimate of drug-likeness (QED) is 0.529. The Labute approximate surface area is 200 Å². The average molecular weight is 480 g/mol. The maximum atomic E-state index is 13.0. The van der Waals surface area contributed by atoms with E-state index in [1.807, 2.05) is 43.3 Å². The third-order valence-corrected chi connectivity index (χ3v) is 7.88. The fraction of sp³-hybridized carbons (Fsp3) is 0.308. The molecule has 1 fully saturated rings. The smallest absolute Gasteiger partial charge is 0.243 e. The topological polar surface area (TPSA) is 88.6 Å². The maximum absolute atomic E-state index is 13.0. The van der Waals surface area contributed by atoms with E-state index in [1.165, 1.54) is 4.31 Å². The first-order chi connectivity index (χ1) is 16.4. The molecular formula is C26H29N3O4S. The minimum Gasteiger partial charge on any atom is -0.489 e. The van der Waals surface area contributed by atoms with Crippen LogP contribution >= 0.6 is 0 Å². The molecule has 8 heteroatoms. The van der Waals surface area contributed by atoms with Crippen molar-refractivity contribution in [1.82, 2.24) is 14.6 Å². The number of benzene rings is 2. The van der Waals surface area contributed by atoms with Crippen molar-refractivity contribution in [3.63, 3.8) is 0 Å². The Kier molecular flexibility index (Phi) is 7.59. The summed E-state index contributed by atoms with van der Waals surface area (Å²) in [5.41, 5.74) is 1.94. The molecule has 0 saturated carbocycles. The van der Waals surface area contributed by atoms with Crippen molar-refractivity contribution in [1.29, 1.82) is 0 Å². The lowest BCUT2D eigenvalue weighted by atomic mass is 9.98. The molecule has 2 aromatic carbocycles. The van der Waals surface area contributed by atoms with Crippen molar-refractivity contribution in [2.24, 2.45) is 5.92 Å². The Bertz CT molecular complexity index is 1190. The highest BCUT2D eigenvalue weighted by atomic mass is 32.2. The molecule has 0 spiro atoms. The Morgan fingerprint density at radius 1 is 1.12 bits per heavy atom. The van der Waals surface area contributed by atoms with Crippen LogP contribution in [-0.2, 0) is 21.4 Å². The van der Waals surface area contributed by atoms with E-state index >= 15 is 0 Å². The Balaban J connectivity index is 1.33. The van der Waals surface area contributed by atoms with Gasteiger partial charge in [0.05, 0.1) is 16.9 Å². The Morgan fingerprint density at radius 2 is 1.88 bits per heavy atom. The summed E-state index contributed by atoms with van der Waals surface area (Å²) in [6, 6.07) is 19.6. The zero-order chi connectivity index (χ0) is 24.0. The molecule has 178 valence electrons. The van der Waals surface area contributed by atoms with E-state index in [2.05, 4.69) is 10.3 Å². The zero-order valence-electron chi connectivity index (χ0n) is 19.1. The van der Waals surface area contributed by atoms with Crippen LogP contribution in [-0.4, -0.2) is 36.7 Å². The standard InChI is InChI=1S/C26H29N3O4S/c1-20(22-11-13-24(14-12-22)33-19-21-7-5-15-27-17-21)28-26(30)23-8-6-16-29(18-23)34(31,32)25-9-3-2-4-10-25/h2-5,7,9-15,17,20,23H,6,8,16,18-19H2,1H3,(H,28,30). The van der Waals surface area contributed by atoms with Gasteiger partial charge in [-0.3, -0.25) is 9.78 Å². The first kappa shape index (κ1) is 23.9. The van der Waals surface area contributed by atoms with Gasteiger partial charge >= 0.3 is 0 Å². The van der Waals surface area contributed by atoms with Gasteiger partial charge in [-0.15, -0.1) is 0 Å². The lowest BCUT2D eigenvalue weighted by Crippen LogP contribution is -2.45. The number of hydrogen-bond acceptors (Lipinski definition) is 5. The van der Waals surface area contributed by atoms with Crippen LogP contribution in [0.25, 0.3) is 0 Å². The number of nitrogens with one attached hydrogen (secondary N) is 1. The van der Waals surface area contributed by atoms with Gasteiger partial charge in [0.25, 0.3) is 0 Å². The molecule has 4 rings (SSSR count). The van der Waals surface area contributed by atoms with E-state index in [0.717, 1.165) is 16.9 Å². The van der Waals surface area contributed by atoms with Crippen molar-refractivity contribution in [2.45, 2.75) is 37.3 Å². The molecule has 0 radical (unpaired) electrons. The van der Waals surface area contributed by atoms with Crippen LogP contribution < -0.4 is 10.1 Å². The van der Waals surface area contributed by atoms with Gasteiger partial charge in [0, 0.05) is 31.0 Å². The van der Waals surface area contributed by atoms with Gasteiger partial charge in [-0.25, -0.2) is 8.42 Å². The van der Waals surface area contributed by atoms with Crippen molar-refractivity contribution >= 4 is 15.9 Å². The maximum Gasteiger partial charge on any atom is 0.243 e. The van der Waals surface area contributed by atoms with Gasteiger partial charge < -0.3 is 10.1 Å². The summed E-state index contributed by atoms with van der Waals surface area (Å²) in [7, 11) is -3.60. The first-order valence-corrected chi connectivity index (χ1v) is 12.8. The number of carbonyl (C=O) groups is 1. The first-order valence-electron chi connectivity index (χ1n) is 11.4. The number of pyridine rings is 1. The summed E-state index contributed by atoms with van der Waals surface area (Å²) < 4.78 is 33.1. The van der Waals surface area contributed by atoms with Gasteiger partial charge in [-0.1, -0.05) is 36.4 Å². The van der Waals surface area contributed by atoms with Crippen LogP contribution in [0.5, 0.6) is 5.75 Å². The van der Waals surface area contributed by atoms with Crippen LogP contribution in [0.15, 0.2) is 84.0 Å². The van der Waals surface area contributed by atoms with Crippen molar-refractivity contribution < 1.29 is 17.9 Å². The van der Waals surface area contributed by atoms with Crippen LogP contribution in [0.1, 0.15) is 36.9 Å². The second-order valence-electron chi connectivity index (χ2n) is 8.46. The van der Waals surface area contributed by atoms with E-state index in [4.69, 9.17) is 4.74 Å². The number of carbonyl (C=O) groups excluding carboxylic acids is 1. The minimum atomic E-state index is -3.60. The predicted molar refractivity (Wildman–Crippen MR) is 129 cm³/mol. The molecule has 0 aliphatic carbocycles. The van der Waals surface area contributed by atoms with E-state index in [9.17, 15) is 13.2 Å². The Morgan fingerprint density at radius 3 is 2.59 bits per heavy atom. The van der Waals surface area contributed by atoms with Crippen LogP contribution in [0.3, 0.4) is 0 Å². The molecule has 1 aliphatic rings. The second-order valence-corrected chi connectivity index (χ2v) is 10.4. The molecule has 7 nitrogen and oxygen atoms in total. The van der Waals surface area contributed by atoms with Crippen LogP contribution in [0.2, 0.25) is 0 Å². The summed E-state index contributed by atoms with van der Waals surface area (Å²) in [5, 5.41) is 3.05. The highest BCUT2D eigenvalue weighted by molar-refractivity contribution is 7.89. The van der Waals surface area contributed by atoms with Gasteiger partial charge in [-0.2, -0.15) is 4.31 Å². The van der Waals surface area contributed by atoms with Gasteiger partial charge in [-0.05, 0) is 55.7 Å². The summed E-state index contributed by atoms with van der Waals surface area (Å²) in [5.74, 6) is 0.231. The number of aromatic nitrogens is 1. The van der Waals surface area contributed by atoms with E-state index < -0.39 is 10.0 Å². The predicted octanol–water partition coefficient (Wildman–Crippen LogP) is 3.94. The van der Waals surface area contributed by atoms with Crippen molar-refractivity contribution in [2.75, 3.05) is 13.1 Å². The molecule has 1 saturated heterocycles. The third-order valence-electron chi connectivity index (χ3n) is 6.00. The number of sulfonamides is 1. The second kappa shape index (κ2) is 10.8. The normalized spacial score (nSPS) is 17.6. The number of rotatable bonds is 8. The molecule has 1 aromatic heterocycles. The summed E-state index contributed by atoms with van der Waals surface area (Å²) >= 11 is 0. The van der Waals surface area contributed by atoms with Gasteiger partial charge in [0.2, 0.25) is 15.9 Å². The van der Waals surface area contributed by atoms with Crippen molar-refractivity contribution in [3.8, 4) is 5.75 Å². The fourth-order valence-electron chi connectivity index (χ4n) is 4.03. The average Bonchev–Trinajstić information content (AvgIpc) is 2.89. The van der Waals surface area contributed by atoms with Gasteiger partial charge in [0.1, 0.15) is 12.4 Å². The van der Waals surface area contributed by atoms with Gasteiger partial charge in [0.15, 0.2) is 0 Å². The number of piperidine rings is 1. The summed E-state index contributed by atoms with van der Waals surface area (Å²) in [4.78, 5) is 17.3. The monoisotopic (exact) mass is 479 g/mol. The van der Waals surface area contributed by atoms with Crippen molar-refractivity contribution in [3.05, 3.63) is 90.3 Å². The van der Waals surface area contributed by atoms with Crippen LogP contribution in [0, 0.1) is 5.92 Å². The van der Waals surface area contributed by atoms with E-state index in [0.29, 0.717) is 26.0 Å². The number of amides is 1. The SMILES string of the molecule is CC(NC(=O)C1CCCN(S(=O)(=O)c2ccccc2)C1)c1ccc(OCc2cccnc2)cc1. The highest BCUT2D eigenvalue weighted by Crippen LogP contribution is 2.25. The lowest BCUT2D eigenvalue weighted by Gasteiger charge is -2.32. The molecule has 1 aliphatic heterocycles. The Hall–Kier alpha value is -3.23. The van der Waals surface area contributed by atoms with E-state index in [-0.39, 0.29) is 29.3 Å².